The van der Waals surface area contributed by atoms with Crippen LogP contribution in [0.4, 0.5) is 5.69 Å². The van der Waals surface area contributed by atoms with Crippen molar-refractivity contribution in [3.8, 4) is 5.75 Å². The molecule has 0 bridgehead atoms. The molecule has 6 heteroatoms. The second-order valence-electron chi connectivity index (χ2n) is 6.74. The second-order valence-corrected chi connectivity index (χ2v) is 6.74. The van der Waals surface area contributed by atoms with Crippen LogP contribution in [0.2, 0.25) is 0 Å². The van der Waals surface area contributed by atoms with E-state index in [0.29, 0.717) is 29.8 Å². The number of halogens is 1. The third kappa shape index (κ3) is 6.95. The van der Waals surface area contributed by atoms with Gasteiger partial charge in [0.1, 0.15) is 11.8 Å². The summed E-state index contributed by atoms with van der Waals surface area (Å²) < 4.78 is 10.5. The zero-order valence-electron chi connectivity index (χ0n) is 18.5. The molecule has 0 heterocycles. The summed E-state index contributed by atoms with van der Waals surface area (Å²) in [6, 6.07) is 23.2. The van der Waals surface area contributed by atoms with Crippen molar-refractivity contribution in [2.45, 2.75) is 19.4 Å². The minimum atomic E-state index is -0.641. The maximum Gasteiger partial charge on any atom is 0.328 e. The Hall–Kier alpha value is -3.12. The number of ketones is 1. The quantitative estimate of drug-likeness (QED) is 0.239. The van der Waals surface area contributed by atoms with E-state index < -0.39 is 12.0 Å². The number of hydrogen-bond acceptors (Lipinski definition) is 5. The molecule has 0 saturated heterocycles. The number of carbonyl (C=O) groups is 2. The topological polar surface area (TPSA) is 64.6 Å². The van der Waals surface area contributed by atoms with Crippen molar-refractivity contribution in [2.24, 2.45) is 0 Å². The molecule has 0 aliphatic heterocycles. The molecule has 0 aromatic heterocycles. The highest BCUT2D eigenvalue weighted by molar-refractivity contribution is 9.08. The largest absolute Gasteiger partial charge is 0.494 e. The van der Waals surface area contributed by atoms with Gasteiger partial charge in [0.2, 0.25) is 0 Å². The Labute approximate surface area is 197 Å². The molecular weight excluding hydrogens is 470 g/mol. The van der Waals surface area contributed by atoms with E-state index in [0.717, 1.165) is 11.3 Å². The van der Waals surface area contributed by atoms with E-state index in [9.17, 15) is 9.59 Å². The molecule has 0 amide bonds. The van der Waals surface area contributed by atoms with Crippen LogP contribution in [0.5, 0.6) is 5.75 Å². The number of carbonyl (C=O) groups excluding carboxylic acids is 2. The number of anilines is 1. The SMILES string of the molecule is CBr.CCOc1ccc(CC(Nc2ccccc2C(=O)c2ccccc2)C(=O)OC)cc1. The molecule has 32 heavy (non-hydrogen) atoms. The normalized spacial score (nSPS) is 10.9. The fourth-order valence-electron chi connectivity index (χ4n) is 3.20. The zero-order chi connectivity index (χ0) is 23.3. The predicted octanol–water partition coefficient (Wildman–Crippen LogP) is 5.52. The molecule has 0 aliphatic rings. The van der Waals surface area contributed by atoms with E-state index in [4.69, 9.17) is 9.47 Å². The van der Waals surface area contributed by atoms with Gasteiger partial charge in [0.05, 0.1) is 13.7 Å². The number of benzene rings is 3. The van der Waals surface area contributed by atoms with Crippen molar-refractivity contribution >= 4 is 33.4 Å². The lowest BCUT2D eigenvalue weighted by Gasteiger charge is -2.20. The van der Waals surface area contributed by atoms with Gasteiger partial charge in [-0.3, -0.25) is 4.79 Å². The third-order valence-electron chi connectivity index (χ3n) is 4.70. The molecular formula is C26H28BrNO4. The fourth-order valence-corrected chi connectivity index (χ4v) is 3.20. The van der Waals surface area contributed by atoms with Crippen LogP contribution in [0.15, 0.2) is 78.9 Å². The first-order valence-corrected chi connectivity index (χ1v) is 11.8. The number of alkyl halides is 1. The Bertz CT molecular complexity index is 990. The summed E-state index contributed by atoms with van der Waals surface area (Å²) in [5.74, 6) is 2.09. The van der Waals surface area contributed by atoms with Crippen LogP contribution in [-0.4, -0.2) is 37.3 Å². The highest BCUT2D eigenvalue weighted by Gasteiger charge is 2.22. The van der Waals surface area contributed by atoms with E-state index >= 15 is 0 Å². The van der Waals surface area contributed by atoms with Gasteiger partial charge in [-0.15, -0.1) is 0 Å². The Morgan fingerprint density at radius 2 is 1.53 bits per heavy atom. The molecule has 0 fully saturated rings. The summed E-state index contributed by atoms with van der Waals surface area (Å²) in [6.07, 6.45) is 0.410. The first-order chi connectivity index (χ1) is 15.6. The van der Waals surface area contributed by atoms with Crippen LogP contribution in [0, 0.1) is 0 Å². The maximum absolute atomic E-state index is 13.0. The number of methoxy groups -OCH3 is 1. The van der Waals surface area contributed by atoms with Crippen molar-refractivity contribution in [3.05, 3.63) is 95.6 Å². The molecule has 3 aromatic rings. The molecule has 168 valence electrons. The Kier molecular flexibility index (Phi) is 10.5. The summed E-state index contributed by atoms with van der Waals surface area (Å²) in [5.41, 5.74) is 2.64. The van der Waals surface area contributed by atoms with E-state index in [-0.39, 0.29) is 5.78 Å². The smallest absolute Gasteiger partial charge is 0.328 e. The fraction of sp³-hybridized carbons (Fsp3) is 0.231. The van der Waals surface area contributed by atoms with Gasteiger partial charge < -0.3 is 14.8 Å². The zero-order valence-corrected chi connectivity index (χ0v) is 20.1. The molecule has 0 saturated carbocycles. The van der Waals surface area contributed by atoms with E-state index in [1.807, 2.05) is 61.3 Å². The first-order valence-electron chi connectivity index (χ1n) is 10.2. The van der Waals surface area contributed by atoms with E-state index in [1.54, 1.807) is 30.3 Å². The van der Waals surface area contributed by atoms with Crippen LogP contribution in [0.1, 0.15) is 28.4 Å². The van der Waals surface area contributed by atoms with Crippen molar-refractivity contribution < 1.29 is 19.1 Å². The Morgan fingerprint density at radius 3 is 2.16 bits per heavy atom. The van der Waals surface area contributed by atoms with E-state index in [1.165, 1.54) is 7.11 Å². The molecule has 5 nitrogen and oxygen atoms in total. The standard InChI is InChI=1S/C25H25NO4.CH3Br/c1-3-30-20-15-13-18(14-16-20)17-23(25(28)29-2)26-22-12-8-7-11-21(22)24(27)19-9-5-4-6-10-19;1-2/h4-16,23,26H,3,17H2,1-2H3;1H3. The van der Waals surface area contributed by atoms with Gasteiger partial charge >= 0.3 is 5.97 Å². The van der Waals surface area contributed by atoms with Crippen molar-refractivity contribution in [2.75, 3.05) is 24.9 Å². The molecule has 1 atom stereocenters. The van der Waals surface area contributed by atoms with Crippen molar-refractivity contribution in [1.29, 1.82) is 0 Å². The summed E-state index contributed by atoms with van der Waals surface area (Å²) >= 11 is 2.94. The lowest BCUT2D eigenvalue weighted by atomic mass is 10.00. The molecule has 3 aromatic carbocycles. The van der Waals surface area contributed by atoms with Gasteiger partial charge in [0.25, 0.3) is 0 Å². The van der Waals surface area contributed by atoms with E-state index in [2.05, 4.69) is 21.2 Å². The average molecular weight is 498 g/mol. The van der Waals surface area contributed by atoms with Crippen LogP contribution >= 0.6 is 15.9 Å². The minimum absolute atomic E-state index is 0.108. The second kappa shape index (κ2) is 13.3. The summed E-state index contributed by atoms with van der Waals surface area (Å²) in [4.78, 5) is 25.4. The van der Waals surface area contributed by atoms with Crippen LogP contribution in [-0.2, 0) is 16.0 Å². The lowest BCUT2D eigenvalue weighted by Crippen LogP contribution is -2.33. The highest BCUT2D eigenvalue weighted by Crippen LogP contribution is 2.22. The lowest BCUT2D eigenvalue weighted by molar-refractivity contribution is -0.141. The summed E-state index contributed by atoms with van der Waals surface area (Å²) in [5, 5.41) is 3.21. The molecule has 1 N–H and O–H groups in total. The molecule has 0 spiro atoms. The molecule has 0 radical (unpaired) electrons. The van der Waals surface area contributed by atoms with Crippen molar-refractivity contribution in [1.82, 2.24) is 0 Å². The number of para-hydroxylation sites is 1. The van der Waals surface area contributed by atoms with Gasteiger partial charge in [-0.25, -0.2) is 4.79 Å². The van der Waals surface area contributed by atoms with Gasteiger partial charge in [-0.1, -0.05) is 70.5 Å². The van der Waals surface area contributed by atoms with Gasteiger partial charge in [0, 0.05) is 23.2 Å². The maximum atomic E-state index is 13.0. The van der Waals surface area contributed by atoms with Crippen LogP contribution in [0.3, 0.4) is 0 Å². The van der Waals surface area contributed by atoms with Crippen LogP contribution < -0.4 is 10.1 Å². The number of hydrogen-bond donors (Lipinski definition) is 1. The van der Waals surface area contributed by atoms with Crippen molar-refractivity contribution in [3.63, 3.8) is 0 Å². The minimum Gasteiger partial charge on any atom is -0.494 e. The highest BCUT2D eigenvalue weighted by atomic mass is 79.9. The van der Waals surface area contributed by atoms with Gasteiger partial charge in [-0.2, -0.15) is 0 Å². The number of ether oxygens (including phenoxy) is 2. The Morgan fingerprint density at radius 1 is 0.906 bits per heavy atom. The number of nitrogens with one attached hydrogen (secondary N) is 1. The molecule has 3 rings (SSSR count). The Balaban J connectivity index is 0.00000176. The summed E-state index contributed by atoms with van der Waals surface area (Å²) in [7, 11) is 1.36. The first kappa shape index (κ1) is 25.1. The number of rotatable bonds is 9. The predicted molar refractivity (Wildman–Crippen MR) is 132 cm³/mol. The third-order valence-corrected chi connectivity index (χ3v) is 4.70. The van der Waals surface area contributed by atoms with Gasteiger partial charge in [0.15, 0.2) is 5.78 Å². The van der Waals surface area contributed by atoms with Gasteiger partial charge in [-0.05, 0) is 42.6 Å². The summed E-state index contributed by atoms with van der Waals surface area (Å²) in [6.45, 7) is 2.53. The molecule has 0 aliphatic carbocycles. The number of esters is 1. The average Bonchev–Trinajstić information content (AvgIpc) is 2.86. The molecule has 1 unspecified atom stereocenters. The monoisotopic (exact) mass is 497 g/mol. The van der Waals surface area contributed by atoms with Crippen LogP contribution in [0.25, 0.3) is 0 Å².